The maximum atomic E-state index is 10.1. The molecule has 0 bridgehead atoms. The van der Waals surface area contributed by atoms with Crippen LogP contribution in [0, 0.1) is 0 Å². The molecule has 0 unspecified atom stereocenters. The summed E-state index contributed by atoms with van der Waals surface area (Å²) in [5.41, 5.74) is 0.786. The van der Waals surface area contributed by atoms with Crippen LogP contribution < -0.4 is 5.11 Å². The summed E-state index contributed by atoms with van der Waals surface area (Å²) >= 11 is 0. The van der Waals surface area contributed by atoms with Crippen molar-refractivity contribution in [2.45, 2.75) is 12.5 Å². The standard InChI is InChI=1S/C9H10O3/c10-8(9(11)12)6-7-4-2-1-3-5-7/h1-5,8,10H,6H2,(H,11,12)/p-1/t8-/m1/s1. The summed E-state index contributed by atoms with van der Waals surface area (Å²) in [5.74, 6) is -1.43. The second-order valence-corrected chi connectivity index (χ2v) is 2.52. The fraction of sp³-hybridized carbons (Fsp3) is 0.222. The molecule has 64 valence electrons. The number of carboxylic acid groups (broad SMARTS) is 1. The van der Waals surface area contributed by atoms with Gasteiger partial charge in [0.2, 0.25) is 0 Å². The summed E-state index contributed by atoms with van der Waals surface area (Å²) in [7, 11) is 0. The van der Waals surface area contributed by atoms with Crippen LogP contribution in [0.4, 0.5) is 0 Å². The van der Waals surface area contributed by atoms with Crippen LogP contribution in [0.1, 0.15) is 5.56 Å². The van der Waals surface area contributed by atoms with E-state index >= 15 is 0 Å². The lowest BCUT2D eigenvalue weighted by Crippen LogP contribution is -2.36. The molecule has 0 aliphatic carbocycles. The van der Waals surface area contributed by atoms with Gasteiger partial charge < -0.3 is 15.0 Å². The number of rotatable bonds is 3. The molecule has 0 fully saturated rings. The lowest BCUT2D eigenvalue weighted by molar-refractivity contribution is -0.314. The van der Waals surface area contributed by atoms with Crippen molar-refractivity contribution >= 4 is 5.97 Å². The highest BCUT2D eigenvalue weighted by Crippen LogP contribution is 2.01. The van der Waals surface area contributed by atoms with Crippen molar-refractivity contribution < 1.29 is 15.0 Å². The van der Waals surface area contributed by atoms with E-state index in [1.54, 1.807) is 24.3 Å². The number of aliphatic hydroxyl groups is 1. The third kappa shape index (κ3) is 2.36. The highest BCUT2D eigenvalue weighted by molar-refractivity contribution is 5.70. The molecule has 0 heterocycles. The molecule has 3 heteroatoms. The zero-order valence-corrected chi connectivity index (χ0v) is 6.43. The predicted molar refractivity (Wildman–Crippen MR) is 41.2 cm³/mol. The summed E-state index contributed by atoms with van der Waals surface area (Å²) in [6.45, 7) is 0. The average molecular weight is 165 g/mol. The summed E-state index contributed by atoms with van der Waals surface area (Å²) in [5, 5.41) is 19.1. The maximum Gasteiger partial charge on any atom is 0.0973 e. The van der Waals surface area contributed by atoms with E-state index in [-0.39, 0.29) is 6.42 Å². The molecular formula is C9H9O3-. The number of carbonyl (C=O) groups excluding carboxylic acids is 1. The Kier molecular flexibility index (Phi) is 2.82. The van der Waals surface area contributed by atoms with Crippen molar-refractivity contribution in [3.05, 3.63) is 35.9 Å². The number of aliphatic carboxylic acids is 1. The van der Waals surface area contributed by atoms with Gasteiger partial charge in [-0.15, -0.1) is 0 Å². The molecule has 0 radical (unpaired) electrons. The second-order valence-electron chi connectivity index (χ2n) is 2.52. The molecule has 1 N–H and O–H groups in total. The van der Waals surface area contributed by atoms with E-state index in [4.69, 9.17) is 5.11 Å². The second kappa shape index (κ2) is 3.88. The Morgan fingerprint density at radius 3 is 2.50 bits per heavy atom. The zero-order chi connectivity index (χ0) is 8.97. The van der Waals surface area contributed by atoms with E-state index in [1.165, 1.54) is 0 Å². The van der Waals surface area contributed by atoms with Gasteiger partial charge in [0.05, 0.1) is 12.1 Å². The van der Waals surface area contributed by atoms with Crippen molar-refractivity contribution in [2.24, 2.45) is 0 Å². The summed E-state index contributed by atoms with van der Waals surface area (Å²) in [6, 6.07) is 8.92. The number of carboxylic acids is 1. The largest absolute Gasteiger partial charge is 0.547 e. The van der Waals surface area contributed by atoms with Gasteiger partial charge in [0.1, 0.15) is 0 Å². The lowest BCUT2D eigenvalue weighted by atomic mass is 10.1. The first-order valence-electron chi connectivity index (χ1n) is 3.63. The van der Waals surface area contributed by atoms with Crippen molar-refractivity contribution in [1.82, 2.24) is 0 Å². The zero-order valence-electron chi connectivity index (χ0n) is 6.43. The fourth-order valence-electron chi connectivity index (χ4n) is 0.921. The number of benzene rings is 1. The molecular weight excluding hydrogens is 156 g/mol. The number of hydrogen-bond donors (Lipinski definition) is 1. The molecule has 0 aromatic heterocycles. The smallest absolute Gasteiger partial charge is 0.0973 e. The molecule has 0 saturated carbocycles. The van der Waals surface area contributed by atoms with Crippen molar-refractivity contribution in [3.8, 4) is 0 Å². The van der Waals surface area contributed by atoms with Crippen molar-refractivity contribution in [1.29, 1.82) is 0 Å². The van der Waals surface area contributed by atoms with Gasteiger partial charge in [-0.25, -0.2) is 0 Å². The molecule has 1 aromatic carbocycles. The van der Waals surface area contributed by atoms with E-state index < -0.39 is 12.1 Å². The Balaban J connectivity index is 2.58. The van der Waals surface area contributed by atoms with Gasteiger partial charge in [-0.1, -0.05) is 30.3 Å². The van der Waals surface area contributed by atoms with E-state index in [2.05, 4.69) is 0 Å². The van der Waals surface area contributed by atoms with Crippen molar-refractivity contribution in [3.63, 3.8) is 0 Å². The van der Waals surface area contributed by atoms with Crippen LogP contribution in [0.2, 0.25) is 0 Å². The highest BCUT2D eigenvalue weighted by Gasteiger charge is 2.04. The minimum Gasteiger partial charge on any atom is -0.547 e. The number of carbonyl (C=O) groups is 1. The van der Waals surface area contributed by atoms with Crippen LogP contribution in [-0.2, 0) is 11.2 Å². The molecule has 1 rings (SSSR count). The average Bonchev–Trinajstić information content (AvgIpc) is 2.06. The third-order valence-corrected chi connectivity index (χ3v) is 1.54. The number of aliphatic hydroxyl groups excluding tert-OH is 1. The predicted octanol–water partition coefficient (Wildman–Crippen LogP) is -0.660. The van der Waals surface area contributed by atoms with Gasteiger partial charge in [0.15, 0.2) is 0 Å². The first kappa shape index (κ1) is 8.74. The monoisotopic (exact) mass is 165 g/mol. The van der Waals surface area contributed by atoms with Crippen LogP contribution in [0.5, 0.6) is 0 Å². The first-order chi connectivity index (χ1) is 5.70. The minimum atomic E-state index is -1.43. The molecule has 0 aliphatic rings. The molecule has 0 amide bonds. The van der Waals surface area contributed by atoms with Gasteiger partial charge in [-0.3, -0.25) is 0 Å². The molecule has 1 aromatic rings. The highest BCUT2D eigenvalue weighted by atomic mass is 16.4. The van der Waals surface area contributed by atoms with E-state index in [0.717, 1.165) is 5.56 Å². The van der Waals surface area contributed by atoms with Gasteiger partial charge in [-0.2, -0.15) is 0 Å². The van der Waals surface area contributed by atoms with E-state index in [9.17, 15) is 9.90 Å². The van der Waals surface area contributed by atoms with Crippen LogP contribution in [0.15, 0.2) is 30.3 Å². The van der Waals surface area contributed by atoms with E-state index in [1.807, 2.05) is 6.07 Å². The summed E-state index contributed by atoms with van der Waals surface area (Å²) < 4.78 is 0. The molecule has 12 heavy (non-hydrogen) atoms. The molecule has 1 atom stereocenters. The first-order valence-corrected chi connectivity index (χ1v) is 3.63. The minimum absolute atomic E-state index is 0.100. The van der Waals surface area contributed by atoms with Crippen LogP contribution in [0.3, 0.4) is 0 Å². The Bertz CT molecular complexity index is 256. The maximum absolute atomic E-state index is 10.1. The van der Waals surface area contributed by atoms with Gasteiger partial charge in [-0.05, 0) is 5.56 Å². The third-order valence-electron chi connectivity index (χ3n) is 1.54. The Labute approximate surface area is 70.3 Å². The van der Waals surface area contributed by atoms with Crippen LogP contribution in [-0.4, -0.2) is 17.2 Å². The van der Waals surface area contributed by atoms with Crippen LogP contribution in [0.25, 0.3) is 0 Å². The van der Waals surface area contributed by atoms with Gasteiger partial charge >= 0.3 is 0 Å². The topological polar surface area (TPSA) is 60.4 Å². The Morgan fingerprint density at radius 2 is 2.00 bits per heavy atom. The molecule has 0 saturated heterocycles. The summed E-state index contributed by atoms with van der Waals surface area (Å²) in [4.78, 5) is 10.1. The summed E-state index contributed by atoms with van der Waals surface area (Å²) in [6.07, 6.45) is -1.31. The molecule has 3 nitrogen and oxygen atoms in total. The van der Waals surface area contributed by atoms with Crippen LogP contribution >= 0.6 is 0 Å². The lowest BCUT2D eigenvalue weighted by Gasteiger charge is -2.10. The van der Waals surface area contributed by atoms with E-state index in [0.29, 0.717) is 0 Å². The van der Waals surface area contributed by atoms with Crippen molar-refractivity contribution in [2.75, 3.05) is 0 Å². The molecule has 0 aliphatic heterocycles. The quantitative estimate of drug-likeness (QED) is 0.646. The fourth-order valence-corrected chi connectivity index (χ4v) is 0.921. The van der Waals surface area contributed by atoms with Gasteiger partial charge in [0.25, 0.3) is 0 Å². The number of hydrogen-bond acceptors (Lipinski definition) is 3. The van der Waals surface area contributed by atoms with Gasteiger partial charge in [0, 0.05) is 6.42 Å². The SMILES string of the molecule is O=C([O-])[C@H](O)Cc1ccccc1. The normalized spacial score (nSPS) is 12.4. The Hall–Kier alpha value is -1.35. The Morgan fingerprint density at radius 1 is 1.42 bits per heavy atom. The molecule has 0 spiro atoms.